The van der Waals surface area contributed by atoms with Crippen molar-refractivity contribution in [2.24, 2.45) is 0 Å². The van der Waals surface area contributed by atoms with E-state index in [1.165, 1.54) is 11.1 Å². The zero-order valence-corrected chi connectivity index (χ0v) is 13.2. The van der Waals surface area contributed by atoms with Crippen molar-refractivity contribution in [1.29, 1.82) is 0 Å². The van der Waals surface area contributed by atoms with Crippen molar-refractivity contribution in [2.45, 2.75) is 50.8 Å². The summed E-state index contributed by atoms with van der Waals surface area (Å²) in [5, 5.41) is 3.22. The van der Waals surface area contributed by atoms with Crippen LogP contribution >= 0.6 is 0 Å². The van der Waals surface area contributed by atoms with E-state index in [2.05, 4.69) is 43.4 Å². The maximum absolute atomic E-state index is 11.8. The normalized spacial score (nSPS) is 22.8. The molecule has 2 unspecified atom stereocenters. The Morgan fingerprint density at radius 2 is 2.20 bits per heavy atom. The summed E-state index contributed by atoms with van der Waals surface area (Å²) < 4.78 is 23.5. The first-order chi connectivity index (χ1) is 9.47. The number of benzene rings is 1. The summed E-state index contributed by atoms with van der Waals surface area (Å²) in [5.74, 6) is 0.372. The molecule has 4 heteroatoms. The Kier molecular flexibility index (Phi) is 5.22. The first-order valence-corrected chi connectivity index (χ1v) is 9.19. The second-order valence-electron chi connectivity index (χ2n) is 5.97. The highest BCUT2D eigenvalue weighted by atomic mass is 32.2. The standard InChI is InChI=1S/C16H25NO2S/c1-13-5-3-6-15(11-13)9-8-14(2)17-12-16-7-4-10-20(16,18)19/h3,5-6,11,14,16-17H,4,7-10,12H2,1-2H3. The zero-order chi connectivity index (χ0) is 14.6. The average molecular weight is 295 g/mol. The third kappa shape index (κ3) is 4.32. The van der Waals surface area contributed by atoms with Crippen LogP contribution in [0.3, 0.4) is 0 Å². The lowest BCUT2D eigenvalue weighted by molar-refractivity contribution is 0.499. The second kappa shape index (κ2) is 6.72. The number of hydrogen-bond acceptors (Lipinski definition) is 3. The van der Waals surface area contributed by atoms with Crippen molar-refractivity contribution < 1.29 is 8.42 Å². The summed E-state index contributed by atoms with van der Waals surface area (Å²) in [5.41, 5.74) is 2.65. The molecule has 0 aromatic heterocycles. The number of sulfone groups is 1. The Morgan fingerprint density at radius 1 is 1.40 bits per heavy atom. The van der Waals surface area contributed by atoms with Gasteiger partial charge in [-0.05, 0) is 45.1 Å². The fraction of sp³-hybridized carbons (Fsp3) is 0.625. The monoisotopic (exact) mass is 295 g/mol. The lowest BCUT2D eigenvalue weighted by atomic mass is 10.0. The Bertz CT molecular complexity index is 539. The molecule has 2 rings (SSSR count). The molecular weight excluding hydrogens is 270 g/mol. The van der Waals surface area contributed by atoms with E-state index in [1.54, 1.807) is 0 Å². The molecule has 1 aromatic carbocycles. The Balaban J connectivity index is 1.74. The molecule has 112 valence electrons. The molecule has 2 atom stereocenters. The summed E-state index contributed by atoms with van der Waals surface area (Å²) in [4.78, 5) is 0. The highest BCUT2D eigenvalue weighted by molar-refractivity contribution is 7.92. The highest BCUT2D eigenvalue weighted by Gasteiger charge is 2.30. The molecule has 1 aromatic rings. The van der Waals surface area contributed by atoms with Gasteiger partial charge in [0.2, 0.25) is 0 Å². The topological polar surface area (TPSA) is 46.2 Å². The molecule has 0 aliphatic carbocycles. The maximum atomic E-state index is 11.8. The summed E-state index contributed by atoms with van der Waals surface area (Å²) in [6.07, 6.45) is 3.72. The lowest BCUT2D eigenvalue weighted by Gasteiger charge is -2.17. The van der Waals surface area contributed by atoms with Crippen LogP contribution in [0.4, 0.5) is 0 Å². The van der Waals surface area contributed by atoms with Crippen LogP contribution in [0.2, 0.25) is 0 Å². The lowest BCUT2D eigenvalue weighted by Crippen LogP contribution is -2.36. The minimum Gasteiger partial charge on any atom is -0.313 e. The molecule has 0 spiro atoms. The molecule has 1 heterocycles. The van der Waals surface area contributed by atoms with E-state index in [9.17, 15) is 8.42 Å². The summed E-state index contributed by atoms with van der Waals surface area (Å²) in [6, 6.07) is 8.92. The van der Waals surface area contributed by atoms with Crippen molar-refractivity contribution in [2.75, 3.05) is 12.3 Å². The summed E-state index contributed by atoms with van der Waals surface area (Å²) in [7, 11) is -2.82. The molecule has 1 aliphatic heterocycles. The van der Waals surface area contributed by atoms with Crippen molar-refractivity contribution in [3.63, 3.8) is 0 Å². The second-order valence-corrected chi connectivity index (χ2v) is 8.37. The van der Waals surface area contributed by atoms with Crippen LogP contribution in [-0.4, -0.2) is 32.0 Å². The molecule has 1 N–H and O–H groups in total. The van der Waals surface area contributed by atoms with E-state index in [-0.39, 0.29) is 5.25 Å². The molecule has 1 saturated heterocycles. The minimum absolute atomic E-state index is 0.163. The molecule has 3 nitrogen and oxygen atoms in total. The summed E-state index contributed by atoms with van der Waals surface area (Å²) >= 11 is 0. The Hall–Kier alpha value is -0.870. The molecule has 0 amide bonds. The molecule has 0 radical (unpaired) electrons. The maximum Gasteiger partial charge on any atom is 0.154 e. The van der Waals surface area contributed by atoms with E-state index in [0.717, 1.165) is 25.7 Å². The average Bonchev–Trinajstić information content (AvgIpc) is 2.73. The predicted molar refractivity (Wildman–Crippen MR) is 83.8 cm³/mol. The van der Waals surface area contributed by atoms with Crippen molar-refractivity contribution in [1.82, 2.24) is 5.32 Å². The molecule has 0 saturated carbocycles. The van der Waals surface area contributed by atoms with Gasteiger partial charge in [0.25, 0.3) is 0 Å². The van der Waals surface area contributed by atoms with Crippen LogP contribution in [-0.2, 0) is 16.3 Å². The summed E-state index contributed by atoms with van der Waals surface area (Å²) in [6.45, 7) is 4.85. The van der Waals surface area contributed by atoms with Gasteiger partial charge in [0.15, 0.2) is 9.84 Å². The Labute approximate surface area is 122 Å². The first kappa shape index (κ1) is 15.5. The van der Waals surface area contributed by atoms with E-state index >= 15 is 0 Å². The molecule has 20 heavy (non-hydrogen) atoms. The van der Waals surface area contributed by atoms with Gasteiger partial charge in [0.05, 0.1) is 11.0 Å². The van der Waals surface area contributed by atoms with Crippen LogP contribution in [0.5, 0.6) is 0 Å². The molecular formula is C16H25NO2S. The third-order valence-corrected chi connectivity index (χ3v) is 6.38. The van der Waals surface area contributed by atoms with E-state index in [4.69, 9.17) is 0 Å². The fourth-order valence-corrected chi connectivity index (χ4v) is 4.55. The Morgan fingerprint density at radius 3 is 2.85 bits per heavy atom. The van der Waals surface area contributed by atoms with Crippen molar-refractivity contribution in [3.05, 3.63) is 35.4 Å². The number of nitrogens with one attached hydrogen (secondary N) is 1. The van der Waals surface area contributed by atoms with Gasteiger partial charge in [-0.15, -0.1) is 0 Å². The van der Waals surface area contributed by atoms with Gasteiger partial charge < -0.3 is 5.32 Å². The highest BCUT2D eigenvalue weighted by Crippen LogP contribution is 2.19. The van der Waals surface area contributed by atoms with Gasteiger partial charge in [-0.2, -0.15) is 0 Å². The van der Waals surface area contributed by atoms with Crippen molar-refractivity contribution >= 4 is 9.84 Å². The minimum atomic E-state index is -2.82. The van der Waals surface area contributed by atoms with Gasteiger partial charge in [0, 0.05) is 12.6 Å². The van der Waals surface area contributed by atoms with Gasteiger partial charge in [-0.3, -0.25) is 0 Å². The van der Waals surface area contributed by atoms with E-state index in [0.29, 0.717) is 18.3 Å². The van der Waals surface area contributed by atoms with E-state index in [1.807, 2.05) is 0 Å². The van der Waals surface area contributed by atoms with Crippen LogP contribution in [0.15, 0.2) is 24.3 Å². The third-order valence-electron chi connectivity index (χ3n) is 4.11. The first-order valence-electron chi connectivity index (χ1n) is 7.48. The molecule has 1 fully saturated rings. The van der Waals surface area contributed by atoms with Gasteiger partial charge in [0.1, 0.15) is 0 Å². The van der Waals surface area contributed by atoms with Crippen LogP contribution in [0.25, 0.3) is 0 Å². The number of rotatable bonds is 6. The fourth-order valence-electron chi connectivity index (χ4n) is 2.77. The number of aryl methyl sites for hydroxylation is 2. The molecule has 0 bridgehead atoms. The predicted octanol–water partition coefficient (Wildman–Crippen LogP) is 2.48. The van der Waals surface area contributed by atoms with Gasteiger partial charge >= 0.3 is 0 Å². The smallest absolute Gasteiger partial charge is 0.154 e. The molecule has 1 aliphatic rings. The SMILES string of the molecule is Cc1cccc(CCC(C)NCC2CCCS2(=O)=O)c1. The van der Waals surface area contributed by atoms with Crippen LogP contribution < -0.4 is 5.32 Å². The largest absolute Gasteiger partial charge is 0.313 e. The van der Waals surface area contributed by atoms with E-state index < -0.39 is 9.84 Å². The van der Waals surface area contributed by atoms with Crippen LogP contribution in [0, 0.1) is 6.92 Å². The quantitative estimate of drug-likeness (QED) is 0.877. The van der Waals surface area contributed by atoms with Crippen LogP contribution in [0.1, 0.15) is 37.3 Å². The number of hydrogen-bond donors (Lipinski definition) is 1. The zero-order valence-electron chi connectivity index (χ0n) is 12.4. The van der Waals surface area contributed by atoms with Gasteiger partial charge in [-0.25, -0.2) is 8.42 Å². The van der Waals surface area contributed by atoms with Gasteiger partial charge in [-0.1, -0.05) is 29.8 Å². The van der Waals surface area contributed by atoms with Crippen molar-refractivity contribution in [3.8, 4) is 0 Å².